The summed E-state index contributed by atoms with van der Waals surface area (Å²) in [4.78, 5) is 16.7. The number of fused-ring (bicyclic) bond motifs is 2. The third-order valence-electron chi connectivity index (χ3n) is 5.19. The van der Waals surface area contributed by atoms with Gasteiger partial charge in [-0.05, 0) is 42.5 Å². The van der Waals surface area contributed by atoms with Crippen LogP contribution in [0, 0.1) is 0 Å². The molecule has 33 heavy (non-hydrogen) atoms. The van der Waals surface area contributed by atoms with E-state index in [0.717, 1.165) is 39.2 Å². The van der Waals surface area contributed by atoms with Gasteiger partial charge in [0, 0.05) is 28.4 Å². The van der Waals surface area contributed by atoms with Crippen LogP contribution < -0.4 is 16.0 Å². The molecule has 0 bridgehead atoms. The number of benzene rings is 2. The molecule has 5 aromatic rings. The molecular formula is C24H24N8O. The van der Waals surface area contributed by atoms with Crippen molar-refractivity contribution in [3.8, 4) is 11.3 Å². The fourth-order valence-corrected chi connectivity index (χ4v) is 3.56. The lowest BCUT2D eigenvalue weighted by molar-refractivity contribution is -0.115. The third kappa shape index (κ3) is 4.53. The standard InChI is InChI=1S/C24H24N8O/c1-15(2)25-14-24(33)29-18-5-3-4-16(10-18)21-13-26-23-9-8-22(31-32(21)23)28-19-6-7-20-17(11-19)12-27-30-20/h3-13,15,25H,14H2,1-2H3,(H,27,30)(H,28,31)(H,29,33). The summed E-state index contributed by atoms with van der Waals surface area (Å²) in [7, 11) is 0. The van der Waals surface area contributed by atoms with E-state index in [1.807, 2.05) is 68.4 Å². The van der Waals surface area contributed by atoms with Gasteiger partial charge in [0.1, 0.15) is 0 Å². The lowest BCUT2D eigenvalue weighted by atomic mass is 10.1. The van der Waals surface area contributed by atoms with Gasteiger partial charge in [-0.2, -0.15) is 5.10 Å². The number of amides is 1. The number of carbonyl (C=O) groups is 1. The van der Waals surface area contributed by atoms with Crippen LogP contribution >= 0.6 is 0 Å². The minimum Gasteiger partial charge on any atom is -0.339 e. The summed E-state index contributed by atoms with van der Waals surface area (Å²) in [6.45, 7) is 4.27. The van der Waals surface area contributed by atoms with Crippen LogP contribution in [-0.4, -0.2) is 43.3 Å². The molecule has 9 nitrogen and oxygen atoms in total. The second-order valence-corrected chi connectivity index (χ2v) is 8.09. The van der Waals surface area contributed by atoms with E-state index < -0.39 is 0 Å². The quantitative estimate of drug-likeness (QED) is 0.305. The number of anilines is 3. The maximum atomic E-state index is 12.2. The first kappa shape index (κ1) is 20.7. The van der Waals surface area contributed by atoms with Gasteiger partial charge in [-0.3, -0.25) is 9.89 Å². The molecule has 0 aliphatic heterocycles. The van der Waals surface area contributed by atoms with E-state index in [-0.39, 0.29) is 18.5 Å². The Morgan fingerprint density at radius 3 is 2.85 bits per heavy atom. The SMILES string of the molecule is CC(C)NCC(=O)Nc1cccc(-c2cnc3ccc(Nc4ccc5[nH]ncc5c4)nn23)c1. The smallest absolute Gasteiger partial charge is 0.238 e. The molecule has 0 saturated heterocycles. The molecule has 0 aliphatic rings. The predicted molar refractivity (Wildman–Crippen MR) is 130 cm³/mol. The van der Waals surface area contributed by atoms with Crippen LogP contribution in [-0.2, 0) is 4.79 Å². The summed E-state index contributed by atoms with van der Waals surface area (Å²) in [6, 6.07) is 17.7. The van der Waals surface area contributed by atoms with Crippen molar-refractivity contribution >= 4 is 39.6 Å². The lowest BCUT2D eigenvalue weighted by Crippen LogP contribution is -2.32. The number of nitrogens with one attached hydrogen (secondary N) is 4. The zero-order valence-corrected chi connectivity index (χ0v) is 18.3. The number of imidazole rings is 1. The molecule has 0 unspecified atom stereocenters. The Morgan fingerprint density at radius 1 is 1.06 bits per heavy atom. The van der Waals surface area contributed by atoms with E-state index in [4.69, 9.17) is 5.10 Å². The molecule has 3 heterocycles. The van der Waals surface area contributed by atoms with Crippen LogP contribution in [0.25, 0.3) is 27.8 Å². The minimum atomic E-state index is -0.0850. The lowest BCUT2D eigenvalue weighted by Gasteiger charge is -2.10. The van der Waals surface area contributed by atoms with Gasteiger partial charge < -0.3 is 16.0 Å². The van der Waals surface area contributed by atoms with Crippen LogP contribution in [0.4, 0.5) is 17.2 Å². The Labute approximate surface area is 190 Å². The Morgan fingerprint density at radius 2 is 1.97 bits per heavy atom. The van der Waals surface area contributed by atoms with Gasteiger partial charge in [-0.15, -0.1) is 5.10 Å². The number of hydrogen-bond donors (Lipinski definition) is 4. The van der Waals surface area contributed by atoms with Crippen LogP contribution in [0.15, 0.2) is 67.0 Å². The van der Waals surface area contributed by atoms with Gasteiger partial charge in [-0.1, -0.05) is 26.0 Å². The molecule has 0 saturated carbocycles. The first-order chi connectivity index (χ1) is 16.0. The van der Waals surface area contributed by atoms with Crippen molar-refractivity contribution in [2.75, 3.05) is 17.2 Å². The number of H-pyrrole nitrogens is 1. The number of rotatable bonds is 7. The number of nitrogens with zero attached hydrogens (tertiary/aromatic N) is 4. The molecule has 0 fully saturated rings. The van der Waals surface area contributed by atoms with E-state index in [1.165, 1.54) is 0 Å². The Kier molecular flexibility index (Phi) is 5.45. The topological polar surface area (TPSA) is 112 Å². The van der Waals surface area contributed by atoms with Crippen LogP contribution in [0.5, 0.6) is 0 Å². The number of aromatic amines is 1. The van der Waals surface area contributed by atoms with Gasteiger partial charge in [0.15, 0.2) is 11.5 Å². The van der Waals surface area contributed by atoms with Crippen molar-refractivity contribution in [3.63, 3.8) is 0 Å². The molecule has 0 atom stereocenters. The van der Waals surface area contributed by atoms with Gasteiger partial charge >= 0.3 is 0 Å². The molecule has 1 amide bonds. The summed E-state index contributed by atoms with van der Waals surface area (Å²) >= 11 is 0. The zero-order chi connectivity index (χ0) is 22.8. The fraction of sp³-hybridized carbons (Fsp3) is 0.167. The molecule has 5 rings (SSSR count). The van der Waals surface area contributed by atoms with Crippen LogP contribution in [0.3, 0.4) is 0 Å². The summed E-state index contributed by atoms with van der Waals surface area (Å²) in [5.74, 6) is 0.604. The van der Waals surface area contributed by atoms with Crippen LogP contribution in [0.1, 0.15) is 13.8 Å². The molecule has 0 radical (unpaired) electrons. The summed E-state index contributed by atoms with van der Waals surface area (Å²) in [6.07, 6.45) is 3.57. The molecule has 0 spiro atoms. The molecule has 9 heteroatoms. The highest BCUT2D eigenvalue weighted by atomic mass is 16.1. The van der Waals surface area contributed by atoms with E-state index in [1.54, 1.807) is 16.9 Å². The van der Waals surface area contributed by atoms with Crippen LogP contribution in [0.2, 0.25) is 0 Å². The molecule has 0 aliphatic carbocycles. The van der Waals surface area contributed by atoms with Crippen molar-refractivity contribution in [2.24, 2.45) is 0 Å². The highest BCUT2D eigenvalue weighted by Crippen LogP contribution is 2.25. The minimum absolute atomic E-state index is 0.0850. The van der Waals surface area contributed by atoms with Gasteiger partial charge in [0.05, 0.1) is 30.1 Å². The average molecular weight is 441 g/mol. The maximum Gasteiger partial charge on any atom is 0.238 e. The van der Waals surface area contributed by atoms with Gasteiger partial charge in [-0.25, -0.2) is 9.50 Å². The normalized spacial score (nSPS) is 11.4. The van der Waals surface area contributed by atoms with Crippen molar-refractivity contribution in [1.29, 1.82) is 0 Å². The third-order valence-corrected chi connectivity index (χ3v) is 5.19. The number of aromatic nitrogens is 5. The van der Waals surface area contributed by atoms with E-state index in [0.29, 0.717) is 5.82 Å². The Hall–Kier alpha value is -4.24. The molecule has 166 valence electrons. The second-order valence-electron chi connectivity index (χ2n) is 8.09. The Bertz CT molecular complexity index is 1440. The summed E-state index contributed by atoms with van der Waals surface area (Å²) in [5, 5.41) is 22.2. The zero-order valence-electron chi connectivity index (χ0n) is 18.3. The maximum absolute atomic E-state index is 12.2. The first-order valence-electron chi connectivity index (χ1n) is 10.7. The highest BCUT2D eigenvalue weighted by Gasteiger charge is 2.10. The summed E-state index contributed by atoms with van der Waals surface area (Å²) in [5.41, 5.74) is 5.08. The second kappa shape index (κ2) is 8.71. The largest absolute Gasteiger partial charge is 0.339 e. The molecule has 3 aromatic heterocycles. The average Bonchev–Trinajstić information content (AvgIpc) is 3.44. The van der Waals surface area contributed by atoms with Crippen molar-refractivity contribution in [2.45, 2.75) is 19.9 Å². The van der Waals surface area contributed by atoms with Gasteiger partial charge in [0.2, 0.25) is 5.91 Å². The first-order valence-corrected chi connectivity index (χ1v) is 10.7. The monoisotopic (exact) mass is 440 g/mol. The van der Waals surface area contributed by atoms with E-state index in [2.05, 4.69) is 31.1 Å². The summed E-state index contributed by atoms with van der Waals surface area (Å²) < 4.78 is 1.79. The highest BCUT2D eigenvalue weighted by molar-refractivity contribution is 5.93. The number of hydrogen-bond acceptors (Lipinski definition) is 6. The molecule has 2 aromatic carbocycles. The fourth-order valence-electron chi connectivity index (χ4n) is 3.56. The Balaban J connectivity index is 1.40. The van der Waals surface area contributed by atoms with E-state index in [9.17, 15) is 4.79 Å². The molecule has 4 N–H and O–H groups in total. The van der Waals surface area contributed by atoms with E-state index >= 15 is 0 Å². The van der Waals surface area contributed by atoms with Crippen molar-refractivity contribution in [1.82, 2.24) is 30.1 Å². The van der Waals surface area contributed by atoms with Crippen molar-refractivity contribution < 1.29 is 4.79 Å². The number of carbonyl (C=O) groups excluding carboxylic acids is 1. The molecular weight excluding hydrogens is 416 g/mol. The van der Waals surface area contributed by atoms with Gasteiger partial charge in [0.25, 0.3) is 0 Å². The predicted octanol–water partition coefficient (Wildman–Crippen LogP) is 3.95. The van der Waals surface area contributed by atoms with Crippen molar-refractivity contribution in [3.05, 3.63) is 67.0 Å².